The van der Waals surface area contributed by atoms with Gasteiger partial charge in [0.15, 0.2) is 5.82 Å². The second-order valence-corrected chi connectivity index (χ2v) is 6.81. The molecule has 0 fully saturated rings. The Morgan fingerprint density at radius 3 is 2.50 bits per heavy atom. The van der Waals surface area contributed by atoms with Gasteiger partial charge in [-0.25, -0.2) is 14.6 Å². The predicted molar refractivity (Wildman–Crippen MR) is 118 cm³/mol. The number of rotatable bonds is 6. The molecule has 0 aliphatic carbocycles. The second kappa shape index (κ2) is 8.44. The smallest absolute Gasteiger partial charge is 0.255 e. The fraction of sp³-hybridized carbons (Fsp3) is 0.0909. The van der Waals surface area contributed by atoms with Gasteiger partial charge in [-0.05, 0) is 48.5 Å². The van der Waals surface area contributed by atoms with E-state index in [1.165, 1.54) is 6.33 Å². The van der Waals surface area contributed by atoms with Crippen LogP contribution in [0.5, 0.6) is 0 Å². The van der Waals surface area contributed by atoms with Crippen molar-refractivity contribution < 1.29 is 4.79 Å². The van der Waals surface area contributed by atoms with Crippen LogP contribution in [0, 0.1) is 0 Å². The first-order valence-corrected chi connectivity index (χ1v) is 9.36. The standard InChI is InChI=1S/C22H21N7O/c1-28(2)19-6-3-5-16(13-19)22(30)27-18-9-7-17(8-10-18)26-20-14-21(24-15-23-20)29-12-4-11-25-29/h3-15H,1-2H3,(H,27,30)(H,23,24,26). The molecule has 0 unspecified atom stereocenters. The summed E-state index contributed by atoms with van der Waals surface area (Å²) >= 11 is 0. The van der Waals surface area contributed by atoms with Crippen molar-refractivity contribution in [3.8, 4) is 5.82 Å². The monoisotopic (exact) mass is 399 g/mol. The predicted octanol–water partition coefficient (Wildman–Crippen LogP) is 3.72. The Kier molecular flexibility index (Phi) is 5.38. The number of benzene rings is 2. The number of aromatic nitrogens is 4. The minimum Gasteiger partial charge on any atom is -0.378 e. The van der Waals surface area contributed by atoms with Crippen molar-refractivity contribution in [3.63, 3.8) is 0 Å². The van der Waals surface area contributed by atoms with Crippen LogP contribution in [0.4, 0.5) is 22.9 Å². The average molecular weight is 399 g/mol. The summed E-state index contributed by atoms with van der Waals surface area (Å²) in [4.78, 5) is 23.0. The normalized spacial score (nSPS) is 10.5. The van der Waals surface area contributed by atoms with Gasteiger partial charge in [0.2, 0.25) is 0 Å². The Morgan fingerprint density at radius 1 is 0.967 bits per heavy atom. The molecule has 2 aromatic carbocycles. The van der Waals surface area contributed by atoms with E-state index in [0.717, 1.165) is 11.4 Å². The average Bonchev–Trinajstić information content (AvgIpc) is 3.30. The van der Waals surface area contributed by atoms with Crippen LogP contribution < -0.4 is 15.5 Å². The van der Waals surface area contributed by atoms with Gasteiger partial charge in [0.25, 0.3) is 5.91 Å². The highest BCUT2D eigenvalue weighted by atomic mass is 16.1. The molecule has 0 aliphatic heterocycles. The van der Waals surface area contributed by atoms with Crippen LogP contribution in [0.3, 0.4) is 0 Å². The van der Waals surface area contributed by atoms with Gasteiger partial charge in [0.05, 0.1) is 0 Å². The topological polar surface area (TPSA) is 88.0 Å². The zero-order valence-corrected chi connectivity index (χ0v) is 16.6. The third-order valence-corrected chi connectivity index (χ3v) is 4.43. The Hall–Kier alpha value is -4.20. The van der Waals surface area contributed by atoms with Gasteiger partial charge in [-0.15, -0.1) is 0 Å². The van der Waals surface area contributed by atoms with Crippen molar-refractivity contribution in [3.05, 3.63) is 84.9 Å². The van der Waals surface area contributed by atoms with E-state index in [4.69, 9.17) is 0 Å². The maximum atomic E-state index is 12.5. The van der Waals surface area contributed by atoms with E-state index in [1.807, 2.05) is 73.7 Å². The van der Waals surface area contributed by atoms with Gasteiger partial charge in [-0.2, -0.15) is 5.10 Å². The lowest BCUT2D eigenvalue weighted by Gasteiger charge is -2.13. The highest BCUT2D eigenvalue weighted by Crippen LogP contribution is 2.20. The molecule has 8 heteroatoms. The first-order valence-electron chi connectivity index (χ1n) is 9.36. The van der Waals surface area contributed by atoms with E-state index in [-0.39, 0.29) is 5.91 Å². The highest BCUT2D eigenvalue weighted by molar-refractivity contribution is 6.04. The van der Waals surface area contributed by atoms with Crippen LogP contribution in [0.15, 0.2) is 79.4 Å². The molecule has 4 rings (SSSR count). The van der Waals surface area contributed by atoms with E-state index in [2.05, 4.69) is 25.7 Å². The molecule has 0 radical (unpaired) electrons. The number of carbonyl (C=O) groups excluding carboxylic acids is 1. The lowest BCUT2D eigenvalue weighted by atomic mass is 10.1. The van der Waals surface area contributed by atoms with Crippen LogP contribution in [-0.2, 0) is 0 Å². The minimum absolute atomic E-state index is 0.154. The molecule has 30 heavy (non-hydrogen) atoms. The maximum Gasteiger partial charge on any atom is 0.255 e. The molecule has 1 amide bonds. The summed E-state index contributed by atoms with van der Waals surface area (Å²) in [6.45, 7) is 0. The molecule has 2 heterocycles. The summed E-state index contributed by atoms with van der Waals surface area (Å²) in [7, 11) is 3.89. The lowest BCUT2D eigenvalue weighted by molar-refractivity contribution is 0.102. The van der Waals surface area contributed by atoms with Gasteiger partial charge in [-0.1, -0.05) is 6.07 Å². The first kappa shape index (κ1) is 19.1. The molecule has 0 saturated carbocycles. The summed E-state index contributed by atoms with van der Waals surface area (Å²) in [6.07, 6.45) is 4.99. The Morgan fingerprint density at radius 2 is 1.77 bits per heavy atom. The molecule has 0 aliphatic rings. The fourth-order valence-corrected chi connectivity index (χ4v) is 2.86. The molecule has 2 aromatic heterocycles. The number of nitrogens with one attached hydrogen (secondary N) is 2. The summed E-state index contributed by atoms with van der Waals surface area (Å²) in [6, 6.07) is 18.6. The number of amides is 1. The van der Waals surface area contributed by atoms with Gasteiger partial charge in [-0.3, -0.25) is 4.79 Å². The van der Waals surface area contributed by atoms with Crippen molar-refractivity contribution in [1.82, 2.24) is 19.7 Å². The second-order valence-electron chi connectivity index (χ2n) is 6.81. The number of hydrogen-bond donors (Lipinski definition) is 2. The first-order chi connectivity index (χ1) is 14.6. The number of nitrogens with zero attached hydrogens (tertiary/aromatic N) is 5. The lowest BCUT2D eigenvalue weighted by Crippen LogP contribution is -2.14. The van der Waals surface area contributed by atoms with Crippen LogP contribution in [0.1, 0.15) is 10.4 Å². The molecular weight excluding hydrogens is 378 g/mol. The number of anilines is 4. The summed E-state index contributed by atoms with van der Waals surface area (Å²) < 4.78 is 1.66. The molecule has 4 aromatic rings. The zero-order chi connectivity index (χ0) is 20.9. The quantitative estimate of drug-likeness (QED) is 0.514. The van der Waals surface area contributed by atoms with Gasteiger partial charge in [0.1, 0.15) is 12.1 Å². The largest absolute Gasteiger partial charge is 0.378 e. The van der Waals surface area contributed by atoms with Crippen molar-refractivity contribution >= 4 is 28.8 Å². The third kappa shape index (κ3) is 4.44. The van der Waals surface area contributed by atoms with Crippen LogP contribution in [-0.4, -0.2) is 39.8 Å². The molecule has 0 bridgehead atoms. The van der Waals surface area contributed by atoms with Crippen molar-refractivity contribution in [1.29, 1.82) is 0 Å². The van der Waals surface area contributed by atoms with Gasteiger partial charge < -0.3 is 15.5 Å². The fourth-order valence-electron chi connectivity index (χ4n) is 2.86. The zero-order valence-electron chi connectivity index (χ0n) is 16.6. The molecule has 8 nitrogen and oxygen atoms in total. The minimum atomic E-state index is -0.154. The number of hydrogen-bond acceptors (Lipinski definition) is 6. The molecule has 0 spiro atoms. The number of carbonyl (C=O) groups is 1. The van der Waals surface area contributed by atoms with Crippen molar-refractivity contribution in [2.45, 2.75) is 0 Å². The molecule has 0 saturated heterocycles. The Bertz CT molecular complexity index is 1140. The van der Waals surface area contributed by atoms with E-state index in [1.54, 1.807) is 23.0 Å². The van der Waals surface area contributed by atoms with Crippen molar-refractivity contribution in [2.75, 3.05) is 29.6 Å². The van der Waals surface area contributed by atoms with Crippen molar-refractivity contribution in [2.24, 2.45) is 0 Å². The molecule has 150 valence electrons. The van der Waals surface area contributed by atoms with Crippen LogP contribution in [0.25, 0.3) is 5.82 Å². The van der Waals surface area contributed by atoms with E-state index in [9.17, 15) is 4.79 Å². The van der Waals surface area contributed by atoms with Crippen LogP contribution in [0.2, 0.25) is 0 Å². The summed E-state index contributed by atoms with van der Waals surface area (Å²) in [5, 5.41) is 10.3. The SMILES string of the molecule is CN(C)c1cccc(C(=O)Nc2ccc(Nc3cc(-n4cccn4)ncn3)cc2)c1. The van der Waals surface area contributed by atoms with E-state index in [0.29, 0.717) is 22.9 Å². The van der Waals surface area contributed by atoms with E-state index < -0.39 is 0 Å². The summed E-state index contributed by atoms with van der Waals surface area (Å²) in [5.74, 6) is 1.16. The molecule has 0 atom stereocenters. The molecule has 2 N–H and O–H groups in total. The van der Waals surface area contributed by atoms with Gasteiger partial charge >= 0.3 is 0 Å². The molecular formula is C22H21N7O. The van der Waals surface area contributed by atoms with E-state index >= 15 is 0 Å². The highest BCUT2D eigenvalue weighted by Gasteiger charge is 2.08. The van der Waals surface area contributed by atoms with Crippen LogP contribution >= 0.6 is 0 Å². The maximum absolute atomic E-state index is 12.5. The Labute approximate surface area is 174 Å². The summed E-state index contributed by atoms with van der Waals surface area (Å²) in [5.41, 5.74) is 3.13. The van der Waals surface area contributed by atoms with Gasteiger partial charge in [0, 0.05) is 55.2 Å². The third-order valence-electron chi connectivity index (χ3n) is 4.43. The Balaban J connectivity index is 1.43.